The molecule has 3 N–H and O–H groups in total. The molecule has 0 bridgehead atoms. The Morgan fingerprint density at radius 3 is 2.40 bits per heavy atom. The first kappa shape index (κ1) is 17.5. The lowest BCUT2D eigenvalue weighted by Gasteiger charge is -2.20. The first-order chi connectivity index (χ1) is 11.9. The second-order valence-corrected chi connectivity index (χ2v) is 7.91. The number of hydrogen-bond donors (Lipinski definition) is 2. The van der Waals surface area contributed by atoms with Crippen molar-refractivity contribution in [2.45, 2.75) is 4.90 Å². The van der Waals surface area contributed by atoms with Crippen molar-refractivity contribution in [2.75, 3.05) is 17.7 Å². The lowest BCUT2D eigenvalue weighted by molar-refractivity contribution is -0.115. The van der Waals surface area contributed by atoms with Gasteiger partial charge in [-0.15, -0.1) is 11.8 Å². The Morgan fingerprint density at radius 1 is 1.08 bits per heavy atom. The molecule has 2 aromatic carbocycles. The minimum Gasteiger partial charge on any atom is -0.486 e. The topological polar surface area (TPSA) is 98.5 Å². The minimum atomic E-state index is -3.76. The number of nitrogens with two attached hydrogens (primary N) is 1. The zero-order chi connectivity index (χ0) is 17.9. The molecule has 1 heterocycles. The summed E-state index contributed by atoms with van der Waals surface area (Å²) in [5, 5.41) is 7.78. The fourth-order valence-corrected chi connectivity index (χ4v) is 3.78. The van der Waals surface area contributed by atoms with E-state index in [2.05, 4.69) is 5.32 Å². The maximum absolute atomic E-state index is 12.6. The molecule has 1 aliphatic heterocycles. The average molecular weight is 376 g/mol. The summed E-state index contributed by atoms with van der Waals surface area (Å²) in [6.07, 6.45) is 0. The predicted octanol–water partition coefficient (Wildman–Crippen LogP) is 2.40. The molecule has 25 heavy (non-hydrogen) atoms. The van der Waals surface area contributed by atoms with Gasteiger partial charge in [0.1, 0.15) is 0 Å². The van der Waals surface area contributed by atoms with Gasteiger partial charge in [-0.25, -0.2) is 13.6 Å². The molecule has 0 aliphatic carbocycles. The van der Waals surface area contributed by atoms with Gasteiger partial charge in [0.2, 0.25) is 10.0 Å². The summed E-state index contributed by atoms with van der Waals surface area (Å²) in [6, 6.07) is 15.2. The van der Waals surface area contributed by atoms with Crippen LogP contribution in [0.2, 0.25) is 0 Å². The maximum atomic E-state index is 12.6. The number of thioether (sulfide) groups is 1. The lowest BCUT2D eigenvalue weighted by atomic mass is 10.2. The van der Waals surface area contributed by atoms with Gasteiger partial charge in [-0.2, -0.15) is 0 Å². The third-order valence-electron chi connectivity index (χ3n) is 3.47. The van der Waals surface area contributed by atoms with Crippen molar-refractivity contribution in [2.24, 2.45) is 5.14 Å². The van der Waals surface area contributed by atoms with E-state index in [1.807, 2.05) is 30.3 Å². The van der Waals surface area contributed by atoms with Gasteiger partial charge in [0, 0.05) is 11.4 Å². The number of carbonyl (C=O) groups excluding carboxylic acids is 1. The fraction of sp³-hybridized carbons (Fsp3) is 0.118. The number of anilines is 1. The molecule has 0 saturated carbocycles. The molecule has 0 spiro atoms. The van der Waals surface area contributed by atoms with Crippen LogP contribution in [0.4, 0.5) is 5.69 Å². The smallest absolute Gasteiger partial charge is 0.291 e. The largest absolute Gasteiger partial charge is 0.486 e. The zero-order valence-electron chi connectivity index (χ0n) is 13.1. The van der Waals surface area contributed by atoms with Crippen molar-refractivity contribution in [3.63, 3.8) is 0 Å². The van der Waals surface area contributed by atoms with Crippen molar-refractivity contribution < 1.29 is 17.9 Å². The standard InChI is InChI=1S/C17H16N2O4S2/c18-25(21,22)14-8-6-13(7-9-14)19-17(20)15-16(24-11-10-23-15)12-4-2-1-3-5-12/h1-9H,10-11H2,(H,19,20)(H2,18,21,22). The number of rotatable bonds is 4. The van der Waals surface area contributed by atoms with Crippen molar-refractivity contribution in [3.8, 4) is 0 Å². The van der Waals surface area contributed by atoms with Crippen LogP contribution in [0.15, 0.2) is 65.3 Å². The van der Waals surface area contributed by atoms with Crippen LogP contribution in [0, 0.1) is 0 Å². The van der Waals surface area contributed by atoms with Crippen LogP contribution in [-0.2, 0) is 19.6 Å². The number of nitrogens with one attached hydrogen (secondary N) is 1. The van der Waals surface area contributed by atoms with E-state index in [9.17, 15) is 13.2 Å². The fourth-order valence-electron chi connectivity index (χ4n) is 2.31. The second-order valence-electron chi connectivity index (χ2n) is 5.24. The third-order valence-corrected chi connectivity index (χ3v) is 5.48. The summed E-state index contributed by atoms with van der Waals surface area (Å²) in [5.74, 6) is 0.650. The van der Waals surface area contributed by atoms with Gasteiger partial charge in [-0.05, 0) is 29.8 Å². The minimum absolute atomic E-state index is 0.0147. The third kappa shape index (κ3) is 4.22. The van der Waals surface area contributed by atoms with Gasteiger partial charge in [-0.3, -0.25) is 4.79 Å². The van der Waals surface area contributed by atoms with Crippen LogP contribution in [0.1, 0.15) is 5.56 Å². The zero-order valence-corrected chi connectivity index (χ0v) is 14.8. The summed E-state index contributed by atoms with van der Waals surface area (Å²) in [7, 11) is -3.76. The monoisotopic (exact) mass is 376 g/mol. The molecule has 0 aromatic heterocycles. The van der Waals surface area contributed by atoms with E-state index in [1.165, 1.54) is 24.3 Å². The highest BCUT2D eigenvalue weighted by Gasteiger charge is 2.23. The Bertz CT molecular complexity index is 907. The molecule has 3 rings (SSSR count). The molecular weight excluding hydrogens is 360 g/mol. The van der Waals surface area contributed by atoms with Crippen LogP contribution in [0.3, 0.4) is 0 Å². The van der Waals surface area contributed by atoms with Gasteiger partial charge in [0.05, 0.1) is 16.4 Å². The Kier molecular flexibility index (Phi) is 5.12. The summed E-state index contributed by atoms with van der Waals surface area (Å²) in [5.41, 5.74) is 1.37. The number of sulfonamides is 1. The number of ether oxygens (including phenoxy) is 1. The lowest BCUT2D eigenvalue weighted by Crippen LogP contribution is -2.21. The number of hydrogen-bond acceptors (Lipinski definition) is 5. The first-order valence-electron chi connectivity index (χ1n) is 7.44. The molecule has 0 radical (unpaired) electrons. The Morgan fingerprint density at radius 2 is 1.76 bits per heavy atom. The Hall–Kier alpha value is -2.29. The molecule has 8 heteroatoms. The van der Waals surface area contributed by atoms with Crippen molar-refractivity contribution in [1.82, 2.24) is 0 Å². The molecule has 2 aromatic rings. The van der Waals surface area contributed by atoms with E-state index < -0.39 is 10.0 Å². The normalized spacial score (nSPS) is 14.8. The van der Waals surface area contributed by atoms with Crippen LogP contribution in [-0.4, -0.2) is 26.7 Å². The van der Waals surface area contributed by atoms with E-state index in [0.29, 0.717) is 12.3 Å². The van der Waals surface area contributed by atoms with Crippen molar-refractivity contribution in [1.29, 1.82) is 0 Å². The van der Waals surface area contributed by atoms with E-state index in [1.54, 1.807) is 11.8 Å². The van der Waals surface area contributed by atoms with E-state index in [-0.39, 0.29) is 16.6 Å². The maximum Gasteiger partial charge on any atom is 0.291 e. The summed E-state index contributed by atoms with van der Waals surface area (Å²) in [4.78, 5) is 13.4. The first-order valence-corrected chi connectivity index (χ1v) is 9.98. The number of carbonyl (C=O) groups is 1. The van der Waals surface area contributed by atoms with Crippen LogP contribution < -0.4 is 10.5 Å². The summed E-state index contributed by atoms with van der Waals surface area (Å²) >= 11 is 1.57. The second kappa shape index (κ2) is 7.30. The van der Waals surface area contributed by atoms with Crippen LogP contribution >= 0.6 is 11.8 Å². The summed E-state index contributed by atoms with van der Waals surface area (Å²) in [6.45, 7) is 0.452. The molecule has 130 valence electrons. The molecule has 1 amide bonds. The average Bonchev–Trinajstić information content (AvgIpc) is 2.62. The predicted molar refractivity (Wildman–Crippen MR) is 98.2 cm³/mol. The van der Waals surface area contributed by atoms with E-state index in [0.717, 1.165) is 16.2 Å². The highest BCUT2D eigenvalue weighted by molar-refractivity contribution is 8.08. The SMILES string of the molecule is NS(=O)(=O)c1ccc(NC(=O)C2=C(c3ccccc3)SCCO2)cc1. The molecular formula is C17H16N2O4S2. The molecule has 0 unspecified atom stereocenters. The summed E-state index contributed by atoms with van der Waals surface area (Å²) < 4.78 is 28.1. The van der Waals surface area contributed by atoms with Crippen LogP contribution in [0.5, 0.6) is 0 Å². The van der Waals surface area contributed by atoms with Gasteiger partial charge in [0.15, 0.2) is 5.76 Å². The van der Waals surface area contributed by atoms with Crippen molar-refractivity contribution in [3.05, 3.63) is 65.9 Å². The highest BCUT2D eigenvalue weighted by Crippen LogP contribution is 2.35. The Labute approximate surface area is 150 Å². The van der Waals surface area contributed by atoms with E-state index in [4.69, 9.17) is 9.88 Å². The quantitative estimate of drug-likeness (QED) is 0.854. The molecule has 6 nitrogen and oxygen atoms in total. The number of benzene rings is 2. The molecule has 0 atom stereocenters. The van der Waals surface area contributed by atoms with Crippen molar-refractivity contribution >= 4 is 38.3 Å². The number of amides is 1. The van der Waals surface area contributed by atoms with E-state index >= 15 is 0 Å². The molecule has 0 saturated heterocycles. The van der Waals surface area contributed by atoms with Gasteiger partial charge in [0.25, 0.3) is 5.91 Å². The Balaban J connectivity index is 1.85. The van der Waals surface area contributed by atoms with Gasteiger partial charge in [-0.1, -0.05) is 30.3 Å². The van der Waals surface area contributed by atoms with Crippen LogP contribution in [0.25, 0.3) is 4.91 Å². The molecule has 0 fully saturated rings. The highest BCUT2D eigenvalue weighted by atomic mass is 32.2. The number of primary sulfonamides is 1. The molecule has 1 aliphatic rings. The van der Waals surface area contributed by atoms with Gasteiger partial charge < -0.3 is 10.1 Å². The van der Waals surface area contributed by atoms with Gasteiger partial charge >= 0.3 is 0 Å².